The third-order valence-corrected chi connectivity index (χ3v) is 8.01. The lowest BCUT2D eigenvalue weighted by Crippen LogP contribution is -2.51. The van der Waals surface area contributed by atoms with Gasteiger partial charge in [0, 0.05) is 60.9 Å². The second-order valence-corrected chi connectivity index (χ2v) is 10.6. The molecule has 9 heteroatoms. The van der Waals surface area contributed by atoms with E-state index in [1.165, 1.54) is 6.42 Å². The van der Waals surface area contributed by atoms with Gasteiger partial charge in [-0.2, -0.15) is 0 Å². The first-order valence-corrected chi connectivity index (χ1v) is 14.0. The van der Waals surface area contributed by atoms with Crippen LogP contribution in [0.15, 0.2) is 60.8 Å². The molecule has 0 radical (unpaired) electrons. The van der Waals surface area contributed by atoms with Crippen molar-refractivity contribution >= 4 is 34.8 Å². The van der Waals surface area contributed by atoms with E-state index in [-0.39, 0.29) is 17.9 Å². The molecule has 6 rings (SSSR count). The van der Waals surface area contributed by atoms with Crippen molar-refractivity contribution in [3.05, 3.63) is 60.8 Å². The van der Waals surface area contributed by atoms with Gasteiger partial charge in [0.05, 0.1) is 11.7 Å². The molecule has 2 aromatic carbocycles. The second-order valence-electron chi connectivity index (χ2n) is 10.6. The topological polar surface area (TPSA) is 102 Å². The monoisotopic (exact) mass is 525 g/mol. The minimum absolute atomic E-state index is 0.0149. The van der Waals surface area contributed by atoms with Gasteiger partial charge in [0.1, 0.15) is 0 Å². The Morgan fingerprint density at radius 2 is 1.59 bits per heavy atom. The van der Waals surface area contributed by atoms with E-state index in [0.29, 0.717) is 11.9 Å². The van der Waals surface area contributed by atoms with Crippen LogP contribution in [0, 0.1) is 5.92 Å². The van der Waals surface area contributed by atoms with E-state index < -0.39 is 0 Å². The van der Waals surface area contributed by atoms with Crippen molar-refractivity contribution in [2.45, 2.75) is 38.1 Å². The van der Waals surface area contributed by atoms with Crippen molar-refractivity contribution in [3.8, 4) is 11.3 Å². The number of anilines is 4. The number of amides is 2. The molecule has 3 heterocycles. The summed E-state index contributed by atoms with van der Waals surface area (Å²) in [5, 5.41) is 9.51. The Morgan fingerprint density at radius 1 is 0.846 bits per heavy atom. The van der Waals surface area contributed by atoms with Crippen LogP contribution in [0.4, 0.5) is 23.0 Å². The van der Waals surface area contributed by atoms with Crippen molar-refractivity contribution in [3.63, 3.8) is 0 Å². The summed E-state index contributed by atoms with van der Waals surface area (Å²) in [6.45, 7) is 4.20. The maximum Gasteiger partial charge on any atom is 0.241 e. The van der Waals surface area contributed by atoms with Gasteiger partial charge in [0.2, 0.25) is 17.8 Å². The Kier molecular flexibility index (Phi) is 7.40. The number of nitrogens with one attached hydrogen (secondary N) is 3. The van der Waals surface area contributed by atoms with E-state index in [4.69, 9.17) is 0 Å². The number of benzene rings is 2. The van der Waals surface area contributed by atoms with Crippen molar-refractivity contribution in [1.29, 1.82) is 0 Å². The van der Waals surface area contributed by atoms with Crippen molar-refractivity contribution in [2.75, 3.05) is 48.3 Å². The molecule has 1 aromatic heterocycles. The average Bonchev–Trinajstić information content (AvgIpc) is 3.49. The molecule has 0 unspecified atom stereocenters. The first-order valence-electron chi connectivity index (χ1n) is 14.0. The van der Waals surface area contributed by atoms with Gasteiger partial charge in [-0.15, -0.1) is 0 Å². The predicted molar refractivity (Wildman–Crippen MR) is 153 cm³/mol. The highest BCUT2D eigenvalue weighted by atomic mass is 16.2. The zero-order chi connectivity index (χ0) is 26.6. The Bertz CT molecular complexity index is 1290. The lowest BCUT2D eigenvalue weighted by atomic mass is 9.84. The highest BCUT2D eigenvalue weighted by Gasteiger charge is 2.31. The van der Waals surface area contributed by atoms with Gasteiger partial charge in [0.25, 0.3) is 0 Å². The van der Waals surface area contributed by atoms with E-state index in [1.807, 2.05) is 47.4 Å². The van der Waals surface area contributed by atoms with E-state index in [0.717, 1.165) is 86.7 Å². The summed E-state index contributed by atoms with van der Waals surface area (Å²) in [6.07, 6.45) is 6.97. The normalized spacial score (nSPS) is 19.4. The number of nitrogens with zero attached hydrogens (tertiary/aromatic N) is 4. The number of carbonyl (C=O) groups excluding carboxylic acids is 2. The van der Waals surface area contributed by atoms with Crippen LogP contribution in [0.5, 0.6) is 0 Å². The average molecular weight is 526 g/mol. The van der Waals surface area contributed by atoms with Gasteiger partial charge in [0.15, 0.2) is 0 Å². The Hall–Kier alpha value is -3.98. The van der Waals surface area contributed by atoms with Gasteiger partial charge in [-0.05, 0) is 74.7 Å². The van der Waals surface area contributed by atoms with Crippen LogP contribution in [-0.2, 0) is 9.59 Å². The molecule has 3 aromatic rings. The summed E-state index contributed by atoms with van der Waals surface area (Å²) in [4.78, 5) is 38.3. The van der Waals surface area contributed by atoms with Crippen molar-refractivity contribution in [2.24, 2.45) is 5.92 Å². The fourth-order valence-electron chi connectivity index (χ4n) is 5.42. The quantitative estimate of drug-likeness (QED) is 0.428. The Balaban J connectivity index is 1.04. The maximum atomic E-state index is 12.5. The number of carbonyl (C=O) groups is 2. The van der Waals surface area contributed by atoms with Gasteiger partial charge in [-0.3, -0.25) is 9.59 Å². The molecule has 1 atom stereocenters. The fraction of sp³-hybridized carbons (Fsp3) is 0.400. The summed E-state index contributed by atoms with van der Waals surface area (Å²) in [5.74, 6) is 1.16. The first-order chi connectivity index (χ1) is 19.1. The highest BCUT2D eigenvalue weighted by molar-refractivity contribution is 5.95. The lowest BCUT2D eigenvalue weighted by molar-refractivity contribution is -0.138. The van der Waals surface area contributed by atoms with Crippen LogP contribution in [0.2, 0.25) is 0 Å². The van der Waals surface area contributed by atoms with E-state index in [9.17, 15) is 9.59 Å². The molecule has 1 aliphatic carbocycles. The van der Waals surface area contributed by atoms with Crippen molar-refractivity contribution in [1.82, 2.24) is 20.2 Å². The summed E-state index contributed by atoms with van der Waals surface area (Å²) >= 11 is 0. The minimum atomic E-state index is -0.105. The Labute approximate surface area is 229 Å². The third kappa shape index (κ3) is 5.88. The zero-order valence-corrected chi connectivity index (χ0v) is 22.1. The molecule has 3 fully saturated rings. The minimum Gasteiger partial charge on any atom is -0.368 e. The van der Waals surface area contributed by atoms with Crippen LogP contribution in [0.3, 0.4) is 0 Å². The first kappa shape index (κ1) is 25.3. The van der Waals surface area contributed by atoms with Crippen molar-refractivity contribution < 1.29 is 9.59 Å². The van der Waals surface area contributed by atoms with Gasteiger partial charge >= 0.3 is 0 Å². The largest absolute Gasteiger partial charge is 0.368 e. The standard InChI is InChI=1S/C30H35N7O2/c38-28(27-5-2-15-31-27)33-23-8-6-21(7-9-23)26-14-16-32-30(35-26)34-24-10-12-25(13-11-24)36-17-19-37(20-18-36)29(39)22-3-1-4-22/h6-14,16,22,27,31H,1-5,15,17-20H2,(H,33,38)(H,32,34,35)/t27-/m0/s1. The number of piperazine rings is 1. The molecule has 3 N–H and O–H groups in total. The van der Waals surface area contributed by atoms with Gasteiger partial charge in [-0.1, -0.05) is 18.6 Å². The number of hydrogen-bond donors (Lipinski definition) is 3. The van der Waals surface area contributed by atoms with Crippen LogP contribution in [-0.4, -0.2) is 65.4 Å². The fourth-order valence-corrected chi connectivity index (χ4v) is 5.42. The zero-order valence-electron chi connectivity index (χ0n) is 22.1. The molecule has 0 bridgehead atoms. The summed E-state index contributed by atoms with van der Waals surface area (Å²) in [7, 11) is 0. The smallest absolute Gasteiger partial charge is 0.241 e. The van der Waals surface area contributed by atoms with E-state index in [2.05, 4.69) is 43.0 Å². The van der Waals surface area contributed by atoms with Gasteiger partial charge < -0.3 is 25.8 Å². The third-order valence-electron chi connectivity index (χ3n) is 8.01. The molecule has 9 nitrogen and oxygen atoms in total. The highest BCUT2D eigenvalue weighted by Crippen LogP contribution is 2.29. The SMILES string of the molecule is O=C(Nc1ccc(-c2ccnc(Nc3ccc(N4CCN(C(=O)C5CCC5)CC4)cc3)n2)cc1)[C@@H]1CCCN1. The van der Waals surface area contributed by atoms with Gasteiger partial charge in [-0.25, -0.2) is 9.97 Å². The van der Waals surface area contributed by atoms with Crippen LogP contribution >= 0.6 is 0 Å². The Morgan fingerprint density at radius 3 is 2.26 bits per heavy atom. The molecule has 0 spiro atoms. The van der Waals surface area contributed by atoms with E-state index >= 15 is 0 Å². The molecule has 1 saturated carbocycles. The number of aromatic nitrogens is 2. The van der Waals surface area contributed by atoms with E-state index in [1.54, 1.807) is 6.20 Å². The number of hydrogen-bond acceptors (Lipinski definition) is 7. The molecular weight excluding hydrogens is 490 g/mol. The summed E-state index contributed by atoms with van der Waals surface area (Å²) in [5.41, 5.74) is 4.59. The number of rotatable bonds is 7. The second kappa shape index (κ2) is 11.4. The van der Waals surface area contributed by atoms with Crippen LogP contribution in [0.1, 0.15) is 32.1 Å². The molecule has 2 aliphatic heterocycles. The molecule has 3 aliphatic rings. The summed E-state index contributed by atoms with van der Waals surface area (Å²) < 4.78 is 0. The molecule has 39 heavy (non-hydrogen) atoms. The summed E-state index contributed by atoms with van der Waals surface area (Å²) in [6, 6.07) is 17.8. The van der Waals surface area contributed by atoms with Crippen LogP contribution < -0.4 is 20.9 Å². The molecule has 202 valence electrons. The maximum absolute atomic E-state index is 12.5. The lowest BCUT2D eigenvalue weighted by Gasteiger charge is -2.39. The molecule has 2 saturated heterocycles. The molecule has 2 amide bonds. The molecular formula is C30H35N7O2. The predicted octanol–water partition coefficient (Wildman–Crippen LogP) is 4.03. The van der Waals surface area contributed by atoms with Crippen LogP contribution in [0.25, 0.3) is 11.3 Å².